The van der Waals surface area contributed by atoms with Gasteiger partial charge in [-0.15, -0.1) is 0 Å². The summed E-state index contributed by atoms with van der Waals surface area (Å²) in [6.07, 6.45) is 3.67. The molecule has 0 unspecified atom stereocenters. The van der Waals surface area contributed by atoms with Crippen LogP contribution in [0.15, 0.2) is 48.8 Å². The molecule has 4 rings (SSSR count). The Morgan fingerprint density at radius 1 is 0.923 bits per heavy atom. The fourth-order valence-corrected chi connectivity index (χ4v) is 3.31. The summed E-state index contributed by atoms with van der Waals surface area (Å²) in [6, 6.07) is 12.8. The third-order valence-corrected chi connectivity index (χ3v) is 4.77. The third-order valence-electron chi connectivity index (χ3n) is 4.77. The lowest BCUT2D eigenvalue weighted by molar-refractivity contribution is 0.249. The van der Waals surface area contributed by atoms with E-state index < -0.39 is 0 Å². The number of aromatic nitrogens is 4. The number of piperazine rings is 1. The SMILES string of the molecule is Cc1ccc(CN2CCN(c3cc(-n4cccn4)nc(C)n3)CC2)cc1. The minimum Gasteiger partial charge on any atom is -0.354 e. The predicted octanol–water partition coefficient (Wildman–Crippen LogP) is 2.60. The van der Waals surface area contributed by atoms with E-state index in [1.54, 1.807) is 10.9 Å². The van der Waals surface area contributed by atoms with Crippen LogP contribution in [0.1, 0.15) is 17.0 Å². The molecular weight excluding hydrogens is 324 g/mol. The Kier molecular flexibility index (Phi) is 4.67. The van der Waals surface area contributed by atoms with Crippen LogP contribution in [0.2, 0.25) is 0 Å². The number of hydrogen-bond donors (Lipinski definition) is 0. The maximum atomic E-state index is 4.64. The highest BCUT2D eigenvalue weighted by Gasteiger charge is 2.19. The van der Waals surface area contributed by atoms with E-state index in [0.717, 1.165) is 50.2 Å². The van der Waals surface area contributed by atoms with Gasteiger partial charge in [0.15, 0.2) is 5.82 Å². The van der Waals surface area contributed by atoms with Crippen molar-refractivity contribution >= 4 is 5.82 Å². The van der Waals surface area contributed by atoms with Crippen molar-refractivity contribution in [2.75, 3.05) is 31.1 Å². The molecule has 0 radical (unpaired) electrons. The van der Waals surface area contributed by atoms with Gasteiger partial charge in [-0.3, -0.25) is 4.90 Å². The maximum Gasteiger partial charge on any atom is 0.159 e. The Morgan fingerprint density at radius 3 is 2.35 bits per heavy atom. The summed E-state index contributed by atoms with van der Waals surface area (Å²) in [6.45, 7) is 9.09. The van der Waals surface area contributed by atoms with E-state index in [1.165, 1.54) is 11.1 Å². The van der Waals surface area contributed by atoms with Crippen LogP contribution in [0.25, 0.3) is 5.82 Å². The van der Waals surface area contributed by atoms with Crippen LogP contribution < -0.4 is 4.90 Å². The molecule has 134 valence electrons. The maximum absolute atomic E-state index is 4.64. The lowest BCUT2D eigenvalue weighted by Gasteiger charge is -2.35. The van der Waals surface area contributed by atoms with Gasteiger partial charge in [-0.2, -0.15) is 5.10 Å². The standard InChI is InChI=1S/C20H24N6/c1-16-4-6-18(7-5-16)15-24-10-12-25(13-11-24)19-14-20(23-17(2)22-19)26-9-3-8-21-26/h3-9,14H,10-13,15H2,1-2H3. The van der Waals surface area contributed by atoms with Crippen molar-refractivity contribution in [2.24, 2.45) is 0 Å². The van der Waals surface area contributed by atoms with Crippen LogP contribution in [-0.2, 0) is 6.54 Å². The summed E-state index contributed by atoms with van der Waals surface area (Å²) >= 11 is 0. The highest BCUT2D eigenvalue weighted by Crippen LogP contribution is 2.18. The van der Waals surface area contributed by atoms with Crippen molar-refractivity contribution < 1.29 is 0 Å². The highest BCUT2D eigenvalue weighted by atomic mass is 15.3. The van der Waals surface area contributed by atoms with E-state index in [4.69, 9.17) is 0 Å². The van der Waals surface area contributed by atoms with Gasteiger partial charge in [0.25, 0.3) is 0 Å². The Bertz CT molecular complexity index is 849. The Labute approximate surface area is 154 Å². The predicted molar refractivity (Wildman–Crippen MR) is 103 cm³/mol. The Hall–Kier alpha value is -2.73. The molecule has 0 atom stereocenters. The van der Waals surface area contributed by atoms with Crippen molar-refractivity contribution in [2.45, 2.75) is 20.4 Å². The molecule has 0 saturated carbocycles. The van der Waals surface area contributed by atoms with E-state index in [2.05, 4.69) is 56.1 Å². The van der Waals surface area contributed by atoms with Gasteiger partial charge in [0.2, 0.25) is 0 Å². The summed E-state index contributed by atoms with van der Waals surface area (Å²) in [5, 5.41) is 4.28. The van der Waals surface area contributed by atoms with Crippen LogP contribution >= 0.6 is 0 Å². The molecule has 6 nitrogen and oxygen atoms in total. The molecule has 0 bridgehead atoms. The van der Waals surface area contributed by atoms with Crippen LogP contribution in [-0.4, -0.2) is 50.8 Å². The van der Waals surface area contributed by atoms with Gasteiger partial charge in [-0.1, -0.05) is 29.8 Å². The molecule has 0 spiro atoms. The molecule has 1 fully saturated rings. The van der Waals surface area contributed by atoms with Crippen LogP contribution in [0.5, 0.6) is 0 Å². The van der Waals surface area contributed by atoms with Gasteiger partial charge in [0.1, 0.15) is 11.6 Å². The molecule has 2 aromatic heterocycles. The molecule has 6 heteroatoms. The molecule has 1 aliphatic heterocycles. The van der Waals surface area contributed by atoms with Gasteiger partial charge in [0.05, 0.1) is 0 Å². The first-order valence-corrected chi connectivity index (χ1v) is 9.06. The highest BCUT2D eigenvalue weighted by molar-refractivity contribution is 5.44. The fourth-order valence-electron chi connectivity index (χ4n) is 3.31. The molecule has 3 aromatic rings. The summed E-state index contributed by atoms with van der Waals surface area (Å²) in [4.78, 5) is 14.0. The first kappa shape index (κ1) is 16.7. The number of nitrogens with zero attached hydrogens (tertiary/aromatic N) is 6. The lowest BCUT2D eigenvalue weighted by Crippen LogP contribution is -2.46. The first-order chi connectivity index (χ1) is 12.7. The summed E-state index contributed by atoms with van der Waals surface area (Å²) in [7, 11) is 0. The van der Waals surface area contributed by atoms with Gasteiger partial charge in [-0.05, 0) is 25.5 Å². The fraction of sp³-hybridized carbons (Fsp3) is 0.350. The molecule has 3 heterocycles. The second-order valence-electron chi connectivity index (χ2n) is 6.83. The van der Waals surface area contributed by atoms with E-state index in [0.29, 0.717) is 0 Å². The van der Waals surface area contributed by atoms with Crippen molar-refractivity contribution in [1.82, 2.24) is 24.6 Å². The van der Waals surface area contributed by atoms with Gasteiger partial charge in [-0.25, -0.2) is 14.6 Å². The molecular formula is C20H24N6. The minimum atomic E-state index is 0.773. The molecule has 0 aliphatic carbocycles. The third kappa shape index (κ3) is 3.75. The second-order valence-corrected chi connectivity index (χ2v) is 6.83. The quantitative estimate of drug-likeness (QED) is 0.725. The summed E-state index contributed by atoms with van der Waals surface area (Å²) in [5.41, 5.74) is 2.69. The van der Waals surface area contributed by atoms with Gasteiger partial charge < -0.3 is 4.90 Å². The van der Waals surface area contributed by atoms with Gasteiger partial charge in [0, 0.05) is 51.2 Å². The van der Waals surface area contributed by atoms with Crippen LogP contribution in [0.3, 0.4) is 0 Å². The first-order valence-electron chi connectivity index (χ1n) is 9.06. The molecule has 0 amide bonds. The molecule has 1 saturated heterocycles. The van der Waals surface area contributed by atoms with E-state index in [1.807, 2.05) is 25.3 Å². The molecule has 1 aromatic carbocycles. The van der Waals surface area contributed by atoms with Crippen LogP contribution in [0, 0.1) is 13.8 Å². The number of anilines is 1. The van der Waals surface area contributed by atoms with E-state index >= 15 is 0 Å². The Morgan fingerprint density at radius 2 is 1.65 bits per heavy atom. The number of benzene rings is 1. The van der Waals surface area contributed by atoms with E-state index in [9.17, 15) is 0 Å². The Balaban J connectivity index is 1.42. The number of aryl methyl sites for hydroxylation is 2. The average molecular weight is 348 g/mol. The topological polar surface area (TPSA) is 50.1 Å². The zero-order valence-corrected chi connectivity index (χ0v) is 15.3. The lowest BCUT2D eigenvalue weighted by atomic mass is 10.1. The van der Waals surface area contributed by atoms with Crippen molar-refractivity contribution in [3.63, 3.8) is 0 Å². The minimum absolute atomic E-state index is 0.773. The normalized spacial score (nSPS) is 15.4. The molecule has 26 heavy (non-hydrogen) atoms. The average Bonchev–Trinajstić information content (AvgIpc) is 3.19. The molecule has 1 aliphatic rings. The van der Waals surface area contributed by atoms with Crippen molar-refractivity contribution in [3.05, 3.63) is 65.7 Å². The number of rotatable bonds is 4. The zero-order chi connectivity index (χ0) is 17.9. The zero-order valence-electron chi connectivity index (χ0n) is 15.3. The number of hydrogen-bond acceptors (Lipinski definition) is 5. The summed E-state index contributed by atoms with van der Waals surface area (Å²) in [5.74, 6) is 2.58. The smallest absolute Gasteiger partial charge is 0.159 e. The summed E-state index contributed by atoms with van der Waals surface area (Å²) < 4.78 is 1.78. The van der Waals surface area contributed by atoms with Crippen molar-refractivity contribution in [3.8, 4) is 5.82 Å². The largest absolute Gasteiger partial charge is 0.354 e. The second kappa shape index (κ2) is 7.25. The van der Waals surface area contributed by atoms with Crippen molar-refractivity contribution in [1.29, 1.82) is 0 Å². The molecule has 0 N–H and O–H groups in total. The van der Waals surface area contributed by atoms with Crippen LogP contribution in [0.4, 0.5) is 5.82 Å². The van der Waals surface area contributed by atoms with Gasteiger partial charge >= 0.3 is 0 Å². The van der Waals surface area contributed by atoms with E-state index in [-0.39, 0.29) is 0 Å². The monoisotopic (exact) mass is 348 g/mol.